The van der Waals surface area contributed by atoms with Gasteiger partial charge in [0.1, 0.15) is 0 Å². The molecule has 0 N–H and O–H groups in total. The molecule has 0 spiro atoms. The number of halogens is 2. The first-order valence-electron chi connectivity index (χ1n) is 11.3. The molecule has 4 aromatic rings. The zero-order valence-electron chi connectivity index (χ0n) is 18.1. The van der Waals surface area contributed by atoms with Crippen molar-refractivity contribution in [3.8, 4) is 0 Å². The molecule has 0 fully saturated rings. The number of fused-ring (bicyclic) bond motifs is 4. The van der Waals surface area contributed by atoms with Crippen molar-refractivity contribution in [2.24, 2.45) is 0 Å². The molecule has 0 atom stereocenters. The Morgan fingerprint density at radius 3 is 1.69 bits per heavy atom. The second-order valence-electron chi connectivity index (χ2n) is 8.68. The summed E-state index contributed by atoms with van der Waals surface area (Å²) in [7, 11) is 0. The van der Waals surface area contributed by atoms with Crippen LogP contribution in [0, 0.1) is 0 Å². The van der Waals surface area contributed by atoms with E-state index in [4.69, 9.17) is 0 Å². The van der Waals surface area contributed by atoms with Gasteiger partial charge in [0.2, 0.25) is 0 Å². The highest BCUT2D eigenvalue weighted by Gasteiger charge is 2.14. The van der Waals surface area contributed by atoms with Crippen molar-refractivity contribution in [3.05, 3.63) is 138 Å². The number of benzene rings is 4. The molecule has 160 valence electrons. The van der Waals surface area contributed by atoms with Crippen LogP contribution in [0.1, 0.15) is 44.5 Å². The molecule has 6 rings (SSSR count). The summed E-state index contributed by atoms with van der Waals surface area (Å²) >= 11 is 7.22. The Balaban J connectivity index is 0.000000135. The lowest BCUT2D eigenvalue weighted by atomic mass is 10.0. The van der Waals surface area contributed by atoms with E-state index in [-0.39, 0.29) is 0 Å². The Bertz CT molecular complexity index is 1250. The van der Waals surface area contributed by atoms with E-state index in [2.05, 4.69) is 117 Å². The molecule has 0 saturated heterocycles. The summed E-state index contributed by atoms with van der Waals surface area (Å²) in [6.07, 6.45) is 6.79. The second kappa shape index (κ2) is 9.77. The van der Waals surface area contributed by atoms with Crippen LogP contribution < -0.4 is 0 Å². The van der Waals surface area contributed by atoms with Gasteiger partial charge in [0, 0.05) is 8.95 Å². The summed E-state index contributed by atoms with van der Waals surface area (Å²) in [5.41, 5.74) is 11.9. The molecule has 4 aromatic carbocycles. The Morgan fingerprint density at radius 1 is 0.438 bits per heavy atom. The molecular formula is C30H26Br2. The molecule has 2 heteroatoms. The molecule has 0 aromatic heterocycles. The van der Waals surface area contributed by atoms with E-state index >= 15 is 0 Å². The summed E-state index contributed by atoms with van der Waals surface area (Å²) in [5.74, 6) is 0. The van der Waals surface area contributed by atoms with Gasteiger partial charge in [0.05, 0.1) is 0 Å². The van der Waals surface area contributed by atoms with Crippen LogP contribution in [0.2, 0.25) is 0 Å². The smallest absolute Gasteiger partial charge is 0.0213 e. The average Bonchev–Trinajstić information content (AvgIpc) is 3.12. The van der Waals surface area contributed by atoms with Crippen LogP contribution in [0.3, 0.4) is 0 Å². The fraction of sp³-hybridized carbons (Fsp3) is 0.200. The zero-order chi connectivity index (χ0) is 21.9. The van der Waals surface area contributed by atoms with Gasteiger partial charge in [-0.3, -0.25) is 0 Å². The minimum atomic E-state index is 1.06. The summed E-state index contributed by atoms with van der Waals surface area (Å²) in [5, 5.41) is 0. The predicted octanol–water partition coefficient (Wildman–Crippen LogP) is 8.28. The van der Waals surface area contributed by atoms with Gasteiger partial charge < -0.3 is 0 Å². The third kappa shape index (κ3) is 4.77. The molecule has 0 bridgehead atoms. The Labute approximate surface area is 208 Å². The highest BCUT2D eigenvalue weighted by molar-refractivity contribution is 9.10. The summed E-state index contributed by atoms with van der Waals surface area (Å²) in [6, 6.07) is 30.8. The number of rotatable bonds is 0. The van der Waals surface area contributed by atoms with Gasteiger partial charge >= 0.3 is 0 Å². The first-order valence-corrected chi connectivity index (χ1v) is 12.9. The molecule has 0 aliphatic heterocycles. The van der Waals surface area contributed by atoms with Crippen molar-refractivity contribution in [1.82, 2.24) is 0 Å². The Kier molecular flexibility index (Phi) is 6.62. The zero-order valence-corrected chi connectivity index (χ0v) is 21.3. The van der Waals surface area contributed by atoms with Crippen LogP contribution in [0.15, 0.2) is 93.9 Å². The molecule has 0 saturated carbocycles. The van der Waals surface area contributed by atoms with Crippen LogP contribution in [-0.4, -0.2) is 0 Å². The Hall–Kier alpha value is -2.16. The van der Waals surface area contributed by atoms with E-state index in [0.29, 0.717) is 0 Å². The lowest BCUT2D eigenvalue weighted by Gasteiger charge is -2.08. The van der Waals surface area contributed by atoms with Gasteiger partial charge in [-0.25, -0.2) is 0 Å². The molecule has 32 heavy (non-hydrogen) atoms. The SMILES string of the molecule is Brc1ccc2c(c1)CCc1ccccc1C2.Brc1cccc2c1Cc1ccccc1CC2. The van der Waals surface area contributed by atoms with Crippen LogP contribution in [0.4, 0.5) is 0 Å². The minimum Gasteiger partial charge on any atom is -0.0620 e. The first kappa shape index (κ1) is 21.7. The van der Waals surface area contributed by atoms with Crippen molar-refractivity contribution in [2.75, 3.05) is 0 Å². The normalized spacial score (nSPS) is 13.8. The van der Waals surface area contributed by atoms with E-state index in [1.54, 1.807) is 0 Å². The lowest BCUT2D eigenvalue weighted by Crippen LogP contribution is -1.93. The maximum atomic E-state index is 3.67. The molecule has 2 aliphatic carbocycles. The summed E-state index contributed by atoms with van der Waals surface area (Å²) in [6.45, 7) is 0. The Morgan fingerprint density at radius 2 is 0.969 bits per heavy atom. The fourth-order valence-corrected chi connectivity index (χ4v) is 5.87. The van der Waals surface area contributed by atoms with Gasteiger partial charge in [-0.2, -0.15) is 0 Å². The number of aryl methyl sites for hydroxylation is 4. The van der Waals surface area contributed by atoms with E-state index in [1.165, 1.54) is 66.3 Å². The van der Waals surface area contributed by atoms with E-state index in [1.807, 2.05) is 0 Å². The van der Waals surface area contributed by atoms with Crippen molar-refractivity contribution in [2.45, 2.75) is 38.5 Å². The number of hydrogen-bond acceptors (Lipinski definition) is 0. The number of hydrogen-bond donors (Lipinski definition) is 0. The van der Waals surface area contributed by atoms with Gasteiger partial charge in [-0.05, 0) is 101 Å². The third-order valence-corrected chi connectivity index (χ3v) is 7.93. The van der Waals surface area contributed by atoms with Gasteiger partial charge in [0.25, 0.3) is 0 Å². The quantitative estimate of drug-likeness (QED) is 0.208. The lowest BCUT2D eigenvalue weighted by molar-refractivity contribution is 0.964. The largest absolute Gasteiger partial charge is 0.0620 e. The van der Waals surface area contributed by atoms with E-state index < -0.39 is 0 Å². The summed E-state index contributed by atoms with van der Waals surface area (Å²) < 4.78 is 2.44. The van der Waals surface area contributed by atoms with E-state index in [0.717, 1.165) is 25.7 Å². The molecule has 0 heterocycles. The van der Waals surface area contributed by atoms with Crippen molar-refractivity contribution in [1.29, 1.82) is 0 Å². The van der Waals surface area contributed by atoms with Gasteiger partial charge in [-0.15, -0.1) is 0 Å². The molecule has 0 amide bonds. The van der Waals surface area contributed by atoms with Gasteiger partial charge in [-0.1, -0.05) is 98.6 Å². The van der Waals surface area contributed by atoms with Crippen molar-refractivity contribution < 1.29 is 0 Å². The van der Waals surface area contributed by atoms with Crippen LogP contribution in [0.25, 0.3) is 0 Å². The third-order valence-electron chi connectivity index (χ3n) is 6.70. The molecule has 2 aliphatic rings. The maximum Gasteiger partial charge on any atom is 0.0213 e. The van der Waals surface area contributed by atoms with Crippen molar-refractivity contribution in [3.63, 3.8) is 0 Å². The molecule has 0 unspecified atom stereocenters. The predicted molar refractivity (Wildman–Crippen MR) is 142 cm³/mol. The second-order valence-corrected chi connectivity index (χ2v) is 10.5. The van der Waals surface area contributed by atoms with Crippen LogP contribution in [-0.2, 0) is 38.5 Å². The monoisotopic (exact) mass is 544 g/mol. The molecular weight excluding hydrogens is 520 g/mol. The standard InChI is InChI=1S/2C15H13Br/c16-15-7-3-6-12-9-8-11-4-1-2-5-13(11)10-14(12)15;16-15-8-7-13-9-12-4-2-1-3-11(12)5-6-14(13)10-15/h1-7H,8-10H2;1-4,7-8,10H,5-6,9H2. The first-order chi connectivity index (χ1) is 15.7. The maximum absolute atomic E-state index is 3.67. The molecule has 0 nitrogen and oxygen atoms in total. The van der Waals surface area contributed by atoms with Crippen LogP contribution in [0.5, 0.6) is 0 Å². The van der Waals surface area contributed by atoms with Crippen LogP contribution >= 0.6 is 31.9 Å². The molecule has 0 radical (unpaired) electrons. The highest BCUT2D eigenvalue weighted by Crippen LogP contribution is 2.29. The summed E-state index contributed by atoms with van der Waals surface area (Å²) in [4.78, 5) is 0. The van der Waals surface area contributed by atoms with Crippen molar-refractivity contribution >= 4 is 31.9 Å². The minimum absolute atomic E-state index is 1.06. The average molecular weight is 546 g/mol. The topological polar surface area (TPSA) is 0 Å². The van der Waals surface area contributed by atoms with Gasteiger partial charge in [0.15, 0.2) is 0 Å². The van der Waals surface area contributed by atoms with E-state index in [9.17, 15) is 0 Å². The highest BCUT2D eigenvalue weighted by atomic mass is 79.9. The fourth-order valence-electron chi connectivity index (χ4n) is 4.92.